The smallest absolute Gasteiger partial charge is 0.267 e. The van der Waals surface area contributed by atoms with Gasteiger partial charge in [-0.1, -0.05) is 17.7 Å². The van der Waals surface area contributed by atoms with E-state index in [-0.39, 0.29) is 5.56 Å². The molecule has 110 valence electrons. The van der Waals surface area contributed by atoms with Gasteiger partial charge in [0.15, 0.2) is 0 Å². The van der Waals surface area contributed by atoms with Gasteiger partial charge in [-0.25, -0.2) is 4.68 Å². The topological polar surface area (TPSA) is 46.9 Å². The molecule has 4 heteroatoms. The molecule has 0 aliphatic carbocycles. The van der Waals surface area contributed by atoms with Crippen LogP contribution in [0.15, 0.2) is 23.0 Å². The van der Waals surface area contributed by atoms with E-state index < -0.39 is 0 Å². The lowest BCUT2D eigenvalue weighted by Gasteiger charge is -2.18. The van der Waals surface area contributed by atoms with Crippen LogP contribution in [-0.4, -0.2) is 16.3 Å². The van der Waals surface area contributed by atoms with Gasteiger partial charge in [-0.15, -0.1) is 0 Å². The number of rotatable bonds is 2. The summed E-state index contributed by atoms with van der Waals surface area (Å²) in [7, 11) is 0. The summed E-state index contributed by atoms with van der Waals surface area (Å²) in [5, 5.41) is 7.85. The van der Waals surface area contributed by atoms with Crippen LogP contribution in [0, 0.1) is 20.8 Å². The highest BCUT2D eigenvalue weighted by atomic mass is 16.1. The molecule has 0 amide bonds. The predicted octanol–water partition coefficient (Wildman–Crippen LogP) is 1.86. The van der Waals surface area contributed by atoms with Crippen LogP contribution in [0.5, 0.6) is 0 Å². The van der Waals surface area contributed by atoms with E-state index >= 15 is 0 Å². The van der Waals surface area contributed by atoms with Crippen molar-refractivity contribution in [2.45, 2.75) is 40.3 Å². The summed E-state index contributed by atoms with van der Waals surface area (Å²) in [5.41, 5.74) is 6.98. The van der Waals surface area contributed by atoms with Crippen LogP contribution in [0.4, 0.5) is 0 Å². The molecule has 21 heavy (non-hydrogen) atoms. The molecule has 1 aliphatic heterocycles. The molecule has 1 aromatic carbocycles. The third kappa shape index (κ3) is 2.76. The molecule has 1 aliphatic rings. The minimum absolute atomic E-state index is 0.0168. The van der Waals surface area contributed by atoms with Crippen LogP contribution >= 0.6 is 0 Å². The van der Waals surface area contributed by atoms with Crippen molar-refractivity contribution in [3.05, 3.63) is 62.1 Å². The van der Waals surface area contributed by atoms with Crippen molar-refractivity contribution in [3.63, 3.8) is 0 Å². The summed E-state index contributed by atoms with van der Waals surface area (Å²) in [6.07, 6.45) is 0.890. The van der Waals surface area contributed by atoms with E-state index in [0.29, 0.717) is 6.54 Å². The van der Waals surface area contributed by atoms with Crippen molar-refractivity contribution in [2.75, 3.05) is 6.54 Å². The van der Waals surface area contributed by atoms with Crippen LogP contribution in [-0.2, 0) is 19.5 Å². The highest BCUT2D eigenvalue weighted by molar-refractivity contribution is 5.37. The number of hydrogen-bond donors (Lipinski definition) is 1. The van der Waals surface area contributed by atoms with Gasteiger partial charge in [0.25, 0.3) is 5.56 Å². The molecular formula is C17H21N3O. The molecule has 0 fully saturated rings. The zero-order valence-corrected chi connectivity index (χ0v) is 12.9. The monoisotopic (exact) mass is 283 g/mol. The largest absolute Gasteiger partial charge is 0.312 e. The quantitative estimate of drug-likeness (QED) is 0.915. The van der Waals surface area contributed by atoms with Crippen LogP contribution in [0.1, 0.15) is 33.5 Å². The molecule has 0 atom stereocenters. The van der Waals surface area contributed by atoms with E-state index in [1.54, 1.807) is 10.7 Å². The number of aromatic nitrogens is 2. The summed E-state index contributed by atoms with van der Waals surface area (Å²) in [6.45, 7) is 8.53. The van der Waals surface area contributed by atoms with Gasteiger partial charge in [-0.05, 0) is 43.0 Å². The fraction of sp³-hybridized carbons (Fsp3) is 0.412. The molecule has 0 unspecified atom stereocenters. The first-order valence-electron chi connectivity index (χ1n) is 7.42. The van der Waals surface area contributed by atoms with Gasteiger partial charge in [-0.2, -0.15) is 5.10 Å². The van der Waals surface area contributed by atoms with E-state index in [4.69, 9.17) is 0 Å². The zero-order chi connectivity index (χ0) is 15.0. The molecule has 0 saturated carbocycles. The Morgan fingerprint density at radius 3 is 2.62 bits per heavy atom. The Hall–Kier alpha value is -1.94. The maximum Gasteiger partial charge on any atom is 0.267 e. The summed E-state index contributed by atoms with van der Waals surface area (Å²) in [5.74, 6) is 0. The van der Waals surface area contributed by atoms with Crippen molar-refractivity contribution in [1.82, 2.24) is 15.1 Å². The maximum atomic E-state index is 12.3. The molecule has 1 aromatic heterocycles. The standard InChI is InChI=1S/C17H21N3O/c1-11-6-12(2)15(13(3)7-11)10-20-17(21)8-14-9-18-5-4-16(14)19-20/h6-8,18H,4-5,9-10H2,1-3H3. The predicted molar refractivity (Wildman–Crippen MR) is 83.7 cm³/mol. The average molecular weight is 283 g/mol. The molecular weight excluding hydrogens is 262 g/mol. The second-order valence-corrected chi connectivity index (χ2v) is 5.92. The van der Waals surface area contributed by atoms with E-state index in [1.165, 1.54) is 22.3 Å². The Balaban J connectivity index is 2.01. The van der Waals surface area contributed by atoms with Crippen molar-refractivity contribution in [1.29, 1.82) is 0 Å². The number of nitrogens with zero attached hydrogens (tertiary/aromatic N) is 2. The Morgan fingerprint density at radius 2 is 1.90 bits per heavy atom. The van der Waals surface area contributed by atoms with Crippen molar-refractivity contribution in [3.8, 4) is 0 Å². The Bertz CT molecular complexity index is 723. The number of aryl methyl sites for hydroxylation is 3. The summed E-state index contributed by atoms with van der Waals surface area (Å²) >= 11 is 0. The Kier molecular flexibility index (Phi) is 3.64. The SMILES string of the molecule is Cc1cc(C)c(Cn2nc3c(cc2=O)CNCC3)c(C)c1. The summed E-state index contributed by atoms with van der Waals surface area (Å²) in [4.78, 5) is 12.3. The minimum Gasteiger partial charge on any atom is -0.312 e. The fourth-order valence-electron chi connectivity index (χ4n) is 3.08. The van der Waals surface area contributed by atoms with E-state index in [1.807, 2.05) is 0 Å². The molecule has 0 bridgehead atoms. The van der Waals surface area contributed by atoms with Gasteiger partial charge in [0.2, 0.25) is 0 Å². The van der Waals surface area contributed by atoms with E-state index in [2.05, 4.69) is 43.3 Å². The molecule has 1 N–H and O–H groups in total. The van der Waals surface area contributed by atoms with Gasteiger partial charge < -0.3 is 5.32 Å². The zero-order valence-electron chi connectivity index (χ0n) is 12.9. The average Bonchev–Trinajstić information content (AvgIpc) is 2.43. The van der Waals surface area contributed by atoms with Crippen molar-refractivity contribution < 1.29 is 0 Å². The lowest BCUT2D eigenvalue weighted by Crippen LogP contribution is -2.32. The van der Waals surface area contributed by atoms with Crippen LogP contribution in [0.25, 0.3) is 0 Å². The number of hydrogen-bond acceptors (Lipinski definition) is 3. The number of nitrogens with one attached hydrogen (secondary N) is 1. The van der Waals surface area contributed by atoms with Gasteiger partial charge in [-0.3, -0.25) is 4.79 Å². The molecule has 2 aromatic rings. The van der Waals surface area contributed by atoms with Gasteiger partial charge in [0.1, 0.15) is 0 Å². The fourth-order valence-corrected chi connectivity index (χ4v) is 3.08. The first-order valence-corrected chi connectivity index (χ1v) is 7.42. The number of fused-ring (bicyclic) bond motifs is 1. The first kappa shape index (κ1) is 14.0. The van der Waals surface area contributed by atoms with Crippen LogP contribution in [0.3, 0.4) is 0 Å². The molecule has 0 radical (unpaired) electrons. The Labute approximate surface area is 124 Å². The lowest BCUT2D eigenvalue weighted by atomic mass is 10.00. The molecule has 0 spiro atoms. The number of benzene rings is 1. The van der Waals surface area contributed by atoms with E-state index in [0.717, 1.165) is 30.8 Å². The third-order valence-corrected chi connectivity index (χ3v) is 4.17. The van der Waals surface area contributed by atoms with Gasteiger partial charge in [0.05, 0.1) is 12.2 Å². The van der Waals surface area contributed by atoms with Gasteiger partial charge in [0, 0.05) is 25.6 Å². The molecule has 2 heterocycles. The van der Waals surface area contributed by atoms with Gasteiger partial charge >= 0.3 is 0 Å². The van der Waals surface area contributed by atoms with Crippen molar-refractivity contribution >= 4 is 0 Å². The second-order valence-electron chi connectivity index (χ2n) is 5.92. The van der Waals surface area contributed by atoms with E-state index in [9.17, 15) is 4.79 Å². The highest BCUT2D eigenvalue weighted by Gasteiger charge is 2.14. The second kappa shape index (κ2) is 5.45. The highest BCUT2D eigenvalue weighted by Crippen LogP contribution is 2.17. The first-order chi connectivity index (χ1) is 10.0. The third-order valence-electron chi connectivity index (χ3n) is 4.17. The summed E-state index contributed by atoms with van der Waals surface area (Å²) in [6, 6.07) is 6.05. The summed E-state index contributed by atoms with van der Waals surface area (Å²) < 4.78 is 1.61. The molecule has 4 nitrogen and oxygen atoms in total. The lowest BCUT2D eigenvalue weighted by molar-refractivity contribution is 0.561. The molecule has 0 saturated heterocycles. The maximum absolute atomic E-state index is 12.3. The van der Waals surface area contributed by atoms with Crippen LogP contribution < -0.4 is 10.9 Å². The minimum atomic E-state index is -0.0168. The normalized spacial score (nSPS) is 14.0. The Morgan fingerprint density at radius 1 is 1.19 bits per heavy atom. The molecule has 3 rings (SSSR count). The van der Waals surface area contributed by atoms with Crippen molar-refractivity contribution in [2.24, 2.45) is 0 Å². The van der Waals surface area contributed by atoms with Crippen LogP contribution in [0.2, 0.25) is 0 Å².